The Labute approximate surface area is 119 Å². The molecule has 1 aliphatic rings. The molecule has 1 atom stereocenters. The van der Waals surface area contributed by atoms with Crippen LogP contribution in [0.3, 0.4) is 0 Å². The summed E-state index contributed by atoms with van der Waals surface area (Å²) in [7, 11) is 0. The van der Waals surface area contributed by atoms with Crippen LogP contribution < -0.4 is 0 Å². The van der Waals surface area contributed by atoms with E-state index in [9.17, 15) is 14.0 Å². The minimum Gasteiger partial charge on any atom is -0.481 e. The number of benzene rings is 1. The molecule has 1 aromatic carbocycles. The van der Waals surface area contributed by atoms with Gasteiger partial charge in [0.15, 0.2) is 0 Å². The standard InChI is InChI=1S/C13H13ClFNO4/c14-10-5-8(1-2-11(10)15)13(19)16-3-4-20-9(7-16)6-12(17)18/h1-2,5,9H,3-4,6-7H2,(H,17,18). The number of amides is 1. The number of halogens is 2. The minimum atomic E-state index is -0.978. The van der Waals surface area contributed by atoms with E-state index in [1.807, 2.05) is 0 Å². The average molecular weight is 302 g/mol. The van der Waals surface area contributed by atoms with Gasteiger partial charge in [0.25, 0.3) is 5.91 Å². The maximum atomic E-state index is 13.1. The third kappa shape index (κ3) is 3.46. The van der Waals surface area contributed by atoms with Crippen molar-refractivity contribution < 1.29 is 23.8 Å². The lowest BCUT2D eigenvalue weighted by atomic mass is 10.1. The average Bonchev–Trinajstić information content (AvgIpc) is 2.40. The zero-order valence-corrected chi connectivity index (χ0v) is 11.3. The molecule has 20 heavy (non-hydrogen) atoms. The predicted octanol–water partition coefficient (Wildman–Crippen LogP) is 1.79. The molecule has 1 aromatic rings. The third-order valence-corrected chi connectivity index (χ3v) is 3.28. The van der Waals surface area contributed by atoms with Gasteiger partial charge in [-0.1, -0.05) is 11.6 Å². The number of ether oxygens (including phenoxy) is 1. The Hall–Kier alpha value is -1.66. The van der Waals surface area contributed by atoms with E-state index in [0.29, 0.717) is 6.54 Å². The summed E-state index contributed by atoms with van der Waals surface area (Å²) in [5, 5.41) is 8.61. The monoisotopic (exact) mass is 301 g/mol. The molecule has 5 nitrogen and oxygen atoms in total. The first-order valence-corrected chi connectivity index (χ1v) is 6.43. The summed E-state index contributed by atoms with van der Waals surface area (Å²) < 4.78 is 18.4. The molecule has 0 aliphatic carbocycles. The molecule has 0 bridgehead atoms. The van der Waals surface area contributed by atoms with E-state index in [-0.39, 0.29) is 36.1 Å². The first-order chi connectivity index (χ1) is 9.47. The molecular weight excluding hydrogens is 289 g/mol. The van der Waals surface area contributed by atoms with E-state index < -0.39 is 17.9 Å². The normalized spacial score (nSPS) is 18.9. The molecule has 1 fully saturated rings. The molecule has 1 saturated heterocycles. The molecule has 0 spiro atoms. The van der Waals surface area contributed by atoms with Crippen molar-refractivity contribution in [2.45, 2.75) is 12.5 Å². The van der Waals surface area contributed by atoms with Crippen LogP contribution >= 0.6 is 11.6 Å². The Balaban J connectivity index is 2.08. The quantitative estimate of drug-likeness (QED) is 0.924. The number of carbonyl (C=O) groups excluding carboxylic acids is 1. The molecule has 0 radical (unpaired) electrons. The maximum absolute atomic E-state index is 13.1. The molecule has 1 amide bonds. The van der Waals surface area contributed by atoms with Crippen molar-refractivity contribution in [1.29, 1.82) is 0 Å². The number of hydrogen-bond acceptors (Lipinski definition) is 3. The maximum Gasteiger partial charge on any atom is 0.306 e. The number of morpholine rings is 1. The number of carboxylic acids is 1. The fraction of sp³-hybridized carbons (Fsp3) is 0.385. The zero-order chi connectivity index (χ0) is 14.7. The highest BCUT2D eigenvalue weighted by molar-refractivity contribution is 6.31. The number of rotatable bonds is 3. The van der Waals surface area contributed by atoms with Gasteiger partial charge in [-0.2, -0.15) is 0 Å². The van der Waals surface area contributed by atoms with Crippen LogP contribution in [-0.4, -0.2) is 47.7 Å². The van der Waals surface area contributed by atoms with E-state index in [1.54, 1.807) is 0 Å². The van der Waals surface area contributed by atoms with Crippen molar-refractivity contribution in [1.82, 2.24) is 4.90 Å². The summed E-state index contributed by atoms with van der Waals surface area (Å²) in [6.45, 7) is 0.836. The summed E-state index contributed by atoms with van der Waals surface area (Å²) in [5.74, 6) is -1.88. The van der Waals surface area contributed by atoms with Gasteiger partial charge >= 0.3 is 5.97 Å². The van der Waals surface area contributed by atoms with E-state index in [2.05, 4.69) is 0 Å². The SMILES string of the molecule is O=C(O)CC1CN(C(=O)c2ccc(F)c(Cl)c2)CCO1. The Morgan fingerprint density at radius 2 is 2.25 bits per heavy atom. The van der Waals surface area contributed by atoms with Gasteiger partial charge in [0.1, 0.15) is 5.82 Å². The summed E-state index contributed by atoms with van der Waals surface area (Å²) >= 11 is 5.65. The molecule has 1 heterocycles. The second kappa shape index (κ2) is 6.19. The summed E-state index contributed by atoms with van der Waals surface area (Å²) in [5.41, 5.74) is 0.271. The molecule has 1 unspecified atom stereocenters. The van der Waals surface area contributed by atoms with E-state index >= 15 is 0 Å². The number of nitrogens with zero attached hydrogens (tertiary/aromatic N) is 1. The summed E-state index contributed by atoms with van der Waals surface area (Å²) in [6, 6.07) is 3.75. The van der Waals surface area contributed by atoms with Gasteiger partial charge in [0.2, 0.25) is 0 Å². The Morgan fingerprint density at radius 1 is 1.50 bits per heavy atom. The Morgan fingerprint density at radius 3 is 2.90 bits per heavy atom. The number of carbonyl (C=O) groups is 2. The largest absolute Gasteiger partial charge is 0.481 e. The highest BCUT2D eigenvalue weighted by atomic mass is 35.5. The van der Waals surface area contributed by atoms with Gasteiger partial charge in [0, 0.05) is 18.7 Å². The van der Waals surface area contributed by atoms with Gasteiger partial charge in [-0.3, -0.25) is 9.59 Å². The topological polar surface area (TPSA) is 66.8 Å². The Bertz CT molecular complexity index is 537. The molecule has 0 saturated carbocycles. The smallest absolute Gasteiger partial charge is 0.306 e. The number of hydrogen-bond donors (Lipinski definition) is 1. The molecule has 1 N–H and O–H groups in total. The van der Waals surface area contributed by atoms with Crippen LogP contribution in [0.2, 0.25) is 5.02 Å². The van der Waals surface area contributed by atoms with Crippen LogP contribution in [-0.2, 0) is 9.53 Å². The van der Waals surface area contributed by atoms with Crippen LogP contribution in [0.5, 0.6) is 0 Å². The Kier molecular flexibility index (Phi) is 4.57. The van der Waals surface area contributed by atoms with Crippen LogP contribution in [0.1, 0.15) is 16.8 Å². The van der Waals surface area contributed by atoms with E-state index in [1.165, 1.54) is 17.0 Å². The van der Waals surface area contributed by atoms with Crippen molar-refractivity contribution in [2.24, 2.45) is 0 Å². The second-order valence-corrected chi connectivity index (χ2v) is 4.88. The highest BCUT2D eigenvalue weighted by Crippen LogP contribution is 2.19. The van der Waals surface area contributed by atoms with Crippen LogP contribution in [0.25, 0.3) is 0 Å². The van der Waals surface area contributed by atoms with Crippen LogP contribution in [0, 0.1) is 5.82 Å². The van der Waals surface area contributed by atoms with Gasteiger partial charge in [-0.15, -0.1) is 0 Å². The first kappa shape index (κ1) is 14.7. The molecule has 0 aromatic heterocycles. The lowest BCUT2D eigenvalue weighted by Gasteiger charge is -2.32. The lowest BCUT2D eigenvalue weighted by Crippen LogP contribution is -2.46. The van der Waals surface area contributed by atoms with Gasteiger partial charge in [-0.25, -0.2) is 4.39 Å². The van der Waals surface area contributed by atoms with E-state index in [4.69, 9.17) is 21.4 Å². The third-order valence-electron chi connectivity index (χ3n) is 2.99. The van der Waals surface area contributed by atoms with Crippen molar-refractivity contribution in [2.75, 3.05) is 19.7 Å². The summed E-state index contributed by atoms with van der Waals surface area (Å²) in [6.07, 6.45) is -0.686. The first-order valence-electron chi connectivity index (χ1n) is 6.05. The second-order valence-electron chi connectivity index (χ2n) is 4.47. The predicted molar refractivity (Wildman–Crippen MR) is 69.3 cm³/mol. The van der Waals surface area contributed by atoms with Gasteiger partial charge < -0.3 is 14.7 Å². The minimum absolute atomic E-state index is 0.119. The summed E-state index contributed by atoms with van der Waals surface area (Å²) in [4.78, 5) is 24.4. The fourth-order valence-electron chi connectivity index (χ4n) is 2.03. The lowest BCUT2D eigenvalue weighted by molar-refractivity contribution is -0.141. The van der Waals surface area contributed by atoms with Gasteiger partial charge in [0.05, 0.1) is 24.2 Å². The number of carboxylic acid groups (broad SMARTS) is 1. The van der Waals surface area contributed by atoms with E-state index in [0.717, 1.165) is 6.07 Å². The van der Waals surface area contributed by atoms with Crippen LogP contribution in [0.4, 0.5) is 4.39 Å². The van der Waals surface area contributed by atoms with Crippen molar-refractivity contribution in [3.63, 3.8) is 0 Å². The van der Waals surface area contributed by atoms with Crippen molar-refractivity contribution in [3.8, 4) is 0 Å². The molecule has 2 rings (SSSR count). The number of aliphatic carboxylic acids is 1. The zero-order valence-electron chi connectivity index (χ0n) is 10.5. The van der Waals surface area contributed by atoms with Crippen LogP contribution in [0.15, 0.2) is 18.2 Å². The van der Waals surface area contributed by atoms with Crippen molar-refractivity contribution in [3.05, 3.63) is 34.6 Å². The molecular formula is C13H13ClFNO4. The molecule has 1 aliphatic heterocycles. The van der Waals surface area contributed by atoms with Crippen molar-refractivity contribution >= 4 is 23.5 Å². The fourth-order valence-corrected chi connectivity index (χ4v) is 2.21. The highest BCUT2D eigenvalue weighted by Gasteiger charge is 2.26. The van der Waals surface area contributed by atoms with Gasteiger partial charge in [-0.05, 0) is 18.2 Å². The molecule has 7 heteroatoms. The molecule has 108 valence electrons.